The number of amides is 1. The Labute approximate surface area is 150 Å². The van der Waals surface area contributed by atoms with E-state index in [1.165, 1.54) is 25.3 Å². The lowest BCUT2D eigenvalue weighted by Gasteiger charge is -2.18. The van der Waals surface area contributed by atoms with Gasteiger partial charge in [-0.05, 0) is 41.7 Å². The first-order chi connectivity index (χ1) is 12.6. The average Bonchev–Trinajstić information content (AvgIpc) is 3.23. The number of hydrogen-bond acceptors (Lipinski definition) is 3. The van der Waals surface area contributed by atoms with Gasteiger partial charge in [0, 0.05) is 37.8 Å². The van der Waals surface area contributed by atoms with Crippen molar-refractivity contribution in [3.8, 4) is 16.9 Å². The summed E-state index contributed by atoms with van der Waals surface area (Å²) in [6, 6.07) is 8.66. The molecule has 2 atom stereocenters. The highest BCUT2D eigenvalue weighted by Gasteiger charge is 2.38. The highest BCUT2D eigenvalue weighted by Crippen LogP contribution is 2.30. The zero-order chi connectivity index (χ0) is 18.3. The summed E-state index contributed by atoms with van der Waals surface area (Å²) in [5.74, 6) is -0.115. The van der Waals surface area contributed by atoms with Crippen molar-refractivity contribution in [2.45, 2.75) is 0 Å². The number of ether oxygens (including phenoxy) is 1. The monoisotopic (exact) mass is 358 g/mol. The second-order valence-corrected chi connectivity index (χ2v) is 6.93. The Morgan fingerprint density at radius 2 is 1.81 bits per heavy atom. The van der Waals surface area contributed by atoms with E-state index in [0.29, 0.717) is 36.2 Å². The number of methoxy groups -OCH3 is 1. The molecule has 2 aliphatic heterocycles. The molecule has 0 saturated carbocycles. The number of halogens is 2. The van der Waals surface area contributed by atoms with Crippen LogP contribution in [-0.4, -0.2) is 44.1 Å². The number of nitrogens with zero attached hydrogens (tertiary/aromatic N) is 1. The van der Waals surface area contributed by atoms with Crippen LogP contribution < -0.4 is 10.1 Å². The molecule has 0 bridgehead atoms. The number of likely N-dealkylation sites (tertiary alicyclic amines) is 1. The fraction of sp³-hybridized carbons (Fsp3) is 0.350. The molecule has 4 nitrogen and oxygen atoms in total. The molecule has 2 heterocycles. The second-order valence-electron chi connectivity index (χ2n) is 6.93. The molecule has 4 rings (SSSR count). The van der Waals surface area contributed by atoms with Gasteiger partial charge in [-0.15, -0.1) is 0 Å². The van der Waals surface area contributed by atoms with Crippen LogP contribution in [0.4, 0.5) is 8.78 Å². The van der Waals surface area contributed by atoms with E-state index in [0.717, 1.165) is 13.1 Å². The molecule has 2 aliphatic rings. The van der Waals surface area contributed by atoms with Gasteiger partial charge in [-0.3, -0.25) is 4.79 Å². The molecule has 0 aliphatic carbocycles. The molecule has 0 unspecified atom stereocenters. The van der Waals surface area contributed by atoms with Crippen LogP contribution in [0.15, 0.2) is 36.4 Å². The van der Waals surface area contributed by atoms with Gasteiger partial charge in [-0.1, -0.05) is 6.07 Å². The lowest BCUT2D eigenvalue weighted by Crippen LogP contribution is -2.32. The van der Waals surface area contributed by atoms with Gasteiger partial charge in [0.25, 0.3) is 5.91 Å². The van der Waals surface area contributed by atoms with E-state index in [4.69, 9.17) is 4.74 Å². The third-order valence-electron chi connectivity index (χ3n) is 5.36. The lowest BCUT2D eigenvalue weighted by atomic mass is 10.0. The normalized spacial score (nSPS) is 21.7. The van der Waals surface area contributed by atoms with Crippen molar-refractivity contribution in [2.24, 2.45) is 11.8 Å². The average molecular weight is 358 g/mol. The Bertz CT molecular complexity index is 844. The summed E-state index contributed by atoms with van der Waals surface area (Å²) in [5.41, 5.74) is 0.697. The molecule has 1 N–H and O–H groups in total. The number of nitrogens with one attached hydrogen (secondary N) is 1. The van der Waals surface area contributed by atoms with Crippen LogP contribution in [0.25, 0.3) is 11.1 Å². The van der Waals surface area contributed by atoms with E-state index in [1.807, 2.05) is 0 Å². The maximum absolute atomic E-state index is 14.6. The van der Waals surface area contributed by atoms with Crippen molar-refractivity contribution in [2.75, 3.05) is 33.3 Å². The fourth-order valence-corrected chi connectivity index (χ4v) is 3.90. The molecule has 136 valence electrons. The van der Waals surface area contributed by atoms with Crippen LogP contribution in [0.5, 0.6) is 5.75 Å². The molecule has 0 aromatic heterocycles. The predicted octanol–water partition coefficient (Wildman–Crippen LogP) is 2.93. The largest absolute Gasteiger partial charge is 0.497 e. The summed E-state index contributed by atoms with van der Waals surface area (Å²) >= 11 is 0. The van der Waals surface area contributed by atoms with E-state index in [-0.39, 0.29) is 17.0 Å². The van der Waals surface area contributed by atoms with Crippen molar-refractivity contribution in [1.82, 2.24) is 10.2 Å². The summed E-state index contributed by atoms with van der Waals surface area (Å²) in [7, 11) is 1.46. The Kier molecular flexibility index (Phi) is 4.36. The predicted molar refractivity (Wildman–Crippen MR) is 94.1 cm³/mol. The third-order valence-corrected chi connectivity index (χ3v) is 5.36. The van der Waals surface area contributed by atoms with Crippen molar-refractivity contribution < 1.29 is 18.3 Å². The lowest BCUT2D eigenvalue weighted by molar-refractivity contribution is 0.0777. The third kappa shape index (κ3) is 2.94. The van der Waals surface area contributed by atoms with Crippen LogP contribution in [0.1, 0.15) is 10.4 Å². The van der Waals surface area contributed by atoms with Crippen LogP contribution in [0, 0.1) is 23.5 Å². The maximum atomic E-state index is 14.6. The molecule has 2 aromatic rings. The van der Waals surface area contributed by atoms with Crippen LogP contribution in [0.3, 0.4) is 0 Å². The maximum Gasteiger partial charge on any atom is 0.256 e. The fourth-order valence-electron chi connectivity index (χ4n) is 3.90. The zero-order valence-corrected chi connectivity index (χ0v) is 14.5. The number of fused-ring (bicyclic) bond motifs is 1. The summed E-state index contributed by atoms with van der Waals surface area (Å²) in [6.07, 6.45) is 0. The minimum Gasteiger partial charge on any atom is -0.497 e. The molecule has 0 spiro atoms. The van der Waals surface area contributed by atoms with E-state index < -0.39 is 11.6 Å². The number of hydrogen-bond donors (Lipinski definition) is 1. The standard InChI is InChI=1S/C20H20F2N2O2/c1-26-15-3-5-16(19(22)7-15)12-2-4-17(18(21)6-12)20(25)24-10-13-8-23-9-14(13)11-24/h2-7,13-14,23H,8-11H2,1H3/t13-,14+. The van der Waals surface area contributed by atoms with Gasteiger partial charge in [0.1, 0.15) is 17.4 Å². The number of benzene rings is 2. The highest BCUT2D eigenvalue weighted by atomic mass is 19.1. The van der Waals surface area contributed by atoms with E-state index >= 15 is 0 Å². The Morgan fingerprint density at radius 3 is 2.42 bits per heavy atom. The second kappa shape index (κ2) is 6.68. The summed E-state index contributed by atoms with van der Waals surface area (Å²) in [5, 5.41) is 3.32. The quantitative estimate of drug-likeness (QED) is 0.917. The van der Waals surface area contributed by atoms with Gasteiger partial charge in [0.2, 0.25) is 0 Å². The van der Waals surface area contributed by atoms with E-state index in [9.17, 15) is 13.6 Å². The molecule has 2 aromatic carbocycles. The van der Waals surface area contributed by atoms with Gasteiger partial charge in [0.15, 0.2) is 0 Å². The number of carbonyl (C=O) groups is 1. The SMILES string of the molecule is COc1ccc(-c2ccc(C(=O)N3C[C@H]4CNC[C@H]4C3)c(F)c2)c(F)c1. The molecule has 6 heteroatoms. The molecule has 0 radical (unpaired) electrons. The molecule has 26 heavy (non-hydrogen) atoms. The van der Waals surface area contributed by atoms with E-state index in [1.54, 1.807) is 23.1 Å². The van der Waals surface area contributed by atoms with Crippen molar-refractivity contribution in [3.05, 3.63) is 53.6 Å². The first kappa shape index (κ1) is 17.0. The Morgan fingerprint density at radius 1 is 1.08 bits per heavy atom. The smallest absolute Gasteiger partial charge is 0.256 e. The van der Waals surface area contributed by atoms with E-state index in [2.05, 4.69) is 5.32 Å². The summed E-state index contributed by atoms with van der Waals surface area (Å²) in [6.45, 7) is 3.13. The Hall–Kier alpha value is -2.47. The molecule has 2 fully saturated rings. The van der Waals surface area contributed by atoms with Crippen LogP contribution >= 0.6 is 0 Å². The van der Waals surface area contributed by atoms with Gasteiger partial charge in [0.05, 0.1) is 12.7 Å². The van der Waals surface area contributed by atoms with Gasteiger partial charge >= 0.3 is 0 Å². The van der Waals surface area contributed by atoms with Crippen LogP contribution in [-0.2, 0) is 0 Å². The Balaban J connectivity index is 1.57. The molecule has 1 amide bonds. The molecular weight excluding hydrogens is 338 g/mol. The van der Waals surface area contributed by atoms with Crippen molar-refractivity contribution in [3.63, 3.8) is 0 Å². The summed E-state index contributed by atoms with van der Waals surface area (Å²) < 4.78 is 33.8. The minimum atomic E-state index is -0.627. The van der Waals surface area contributed by atoms with Gasteiger partial charge in [-0.2, -0.15) is 0 Å². The number of carbonyl (C=O) groups excluding carboxylic acids is 1. The molecular formula is C20H20F2N2O2. The zero-order valence-electron chi connectivity index (χ0n) is 14.5. The van der Waals surface area contributed by atoms with Gasteiger partial charge < -0.3 is 15.0 Å². The minimum absolute atomic E-state index is 0.0376. The first-order valence-electron chi connectivity index (χ1n) is 8.70. The molecule has 2 saturated heterocycles. The van der Waals surface area contributed by atoms with Crippen molar-refractivity contribution in [1.29, 1.82) is 0 Å². The van der Waals surface area contributed by atoms with Crippen molar-refractivity contribution >= 4 is 5.91 Å². The van der Waals surface area contributed by atoms with Gasteiger partial charge in [-0.25, -0.2) is 8.78 Å². The van der Waals surface area contributed by atoms with Crippen LogP contribution in [0.2, 0.25) is 0 Å². The first-order valence-corrected chi connectivity index (χ1v) is 8.70. The number of rotatable bonds is 3. The summed E-state index contributed by atoms with van der Waals surface area (Å²) in [4.78, 5) is 14.4. The topological polar surface area (TPSA) is 41.6 Å². The highest BCUT2D eigenvalue weighted by molar-refractivity contribution is 5.95.